The molecule has 1 heterocycles. The van der Waals surface area contributed by atoms with Gasteiger partial charge in [0.05, 0.1) is 12.8 Å². The minimum Gasteiger partial charge on any atom is -0.497 e. The van der Waals surface area contributed by atoms with Crippen molar-refractivity contribution < 1.29 is 9.47 Å². The quantitative estimate of drug-likeness (QED) is 0.172. The number of pyridine rings is 1. The summed E-state index contributed by atoms with van der Waals surface area (Å²) in [6, 6.07) is 36.6. The Labute approximate surface area is 227 Å². The van der Waals surface area contributed by atoms with Crippen molar-refractivity contribution >= 4 is 0 Å². The van der Waals surface area contributed by atoms with Gasteiger partial charge in [0.15, 0.2) is 0 Å². The Morgan fingerprint density at radius 2 is 1.45 bits per heavy atom. The number of benzene rings is 3. The van der Waals surface area contributed by atoms with E-state index in [4.69, 9.17) is 9.47 Å². The summed E-state index contributed by atoms with van der Waals surface area (Å²) in [5.41, 5.74) is 4.16. The average Bonchev–Trinajstić information content (AvgIpc) is 3.83. The van der Waals surface area contributed by atoms with Gasteiger partial charge in [0.2, 0.25) is 0 Å². The first-order chi connectivity index (χ1) is 18.8. The van der Waals surface area contributed by atoms with Crippen LogP contribution in [0.25, 0.3) is 0 Å². The highest BCUT2D eigenvalue weighted by molar-refractivity contribution is 5.40. The molecule has 0 unspecified atom stereocenters. The van der Waals surface area contributed by atoms with E-state index in [0.29, 0.717) is 12.6 Å². The van der Waals surface area contributed by atoms with E-state index in [0.717, 1.165) is 43.8 Å². The van der Waals surface area contributed by atoms with Crippen molar-refractivity contribution in [2.75, 3.05) is 20.3 Å². The fraction of sp³-hybridized carbons (Fsp3) is 0.324. The molecule has 1 fully saturated rings. The van der Waals surface area contributed by atoms with E-state index in [1.165, 1.54) is 29.5 Å². The van der Waals surface area contributed by atoms with Gasteiger partial charge >= 0.3 is 0 Å². The molecule has 0 radical (unpaired) electrons. The monoisotopic (exact) mass is 506 g/mol. The minimum atomic E-state index is -0.568. The van der Waals surface area contributed by atoms with E-state index < -0.39 is 5.60 Å². The van der Waals surface area contributed by atoms with E-state index >= 15 is 0 Å². The predicted octanol–water partition coefficient (Wildman–Crippen LogP) is 7.04. The maximum Gasteiger partial charge on any atom is 0.122 e. The van der Waals surface area contributed by atoms with Gasteiger partial charge in [-0.2, -0.15) is 0 Å². The van der Waals surface area contributed by atoms with Crippen LogP contribution >= 0.6 is 0 Å². The number of methoxy groups -OCH3 is 1. The SMILES string of the molecule is COc1ccc(CC(OCCCCN(Cc2ccccn2)C2CC2)(c2ccccc2)c2ccccc2)cc1. The van der Waals surface area contributed by atoms with Gasteiger partial charge in [-0.15, -0.1) is 0 Å². The molecular weight excluding hydrogens is 468 g/mol. The van der Waals surface area contributed by atoms with Gasteiger partial charge in [0.1, 0.15) is 11.4 Å². The first-order valence-electron chi connectivity index (χ1n) is 13.8. The molecule has 38 heavy (non-hydrogen) atoms. The molecule has 1 aromatic heterocycles. The second-order valence-electron chi connectivity index (χ2n) is 10.2. The Hall–Kier alpha value is -3.47. The van der Waals surface area contributed by atoms with Crippen LogP contribution in [0.4, 0.5) is 0 Å². The van der Waals surface area contributed by atoms with Crippen LogP contribution < -0.4 is 4.74 Å². The van der Waals surface area contributed by atoms with Crippen molar-refractivity contribution in [1.29, 1.82) is 0 Å². The highest BCUT2D eigenvalue weighted by Gasteiger charge is 2.36. The van der Waals surface area contributed by atoms with Crippen molar-refractivity contribution in [2.24, 2.45) is 0 Å². The summed E-state index contributed by atoms with van der Waals surface area (Å²) in [5, 5.41) is 0. The molecule has 0 saturated heterocycles. The Balaban J connectivity index is 1.31. The van der Waals surface area contributed by atoms with Crippen molar-refractivity contribution in [3.63, 3.8) is 0 Å². The zero-order chi connectivity index (χ0) is 26.0. The second-order valence-corrected chi connectivity index (χ2v) is 10.2. The highest BCUT2D eigenvalue weighted by Crippen LogP contribution is 2.38. The largest absolute Gasteiger partial charge is 0.497 e. The van der Waals surface area contributed by atoms with Crippen LogP contribution in [0.2, 0.25) is 0 Å². The number of unbranched alkanes of at least 4 members (excludes halogenated alkanes) is 1. The van der Waals surface area contributed by atoms with Crippen LogP contribution in [0.1, 0.15) is 48.1 Å². The van der Waals surface area contributed by atoms with Crippen LogP contribution in [0.3, 0.4) is 0 Å². The van der Waals surface area contributed by atoms with Crippen LogP contribution in [0, 0.1) is 0 Å². The van der Waals surface area contributed by atoms with Gasteiger partial charge in [-0.05, 0) is 73.2 Å². The zero-order valence-electron chi connectivity index (χ0n) is 22.3. The fourth-order valence-corrected chi connectivity index (χ4v) is 5.23. The zero-order valence-corrected chi connectivity index (χ0v) is 22.3. The lowest BCUT2D eigenvalue weighted by molar-refractivity contribution is -0.0209. The second kappa shape index (κ2) is 12.9. The summed E-state index contributed by atoms with van der Waals surface area (Å²) in [5.74, 6) is 0.866. The molecule has 1 aliphatic rings. The van der Waals surface area contributed by atoms with Gasteiger partial charge in [-0.1, -0.05) is 78.9 Å². The first-order valence-corrected chi connectivity index (χ1v) is 13.8. The van der Waals surface area contributed by atoms with Crippen molar-refractivity contribution in [3.05, 3.63) is 132 Å². The molecule has 0 amide bonds. The normalized spacial score (nSPS) is 13.5. The molecule has 0 spiro atoms. The molecule has 0 atom stereocenters. The summed E-state index contributed by atoms with van der Waals surface area (Å²) in [6.07, 6.45) is 7.36. The summed E-state index contributed by atoms with van der Waals surface area (Å²) < 4.78 is 12.4. The maximum absolute atomic E-state index is 6.98. The van der Waals surface area contributed by atoms with E-state index in [1.54, 1.807) is 7.11 Å². The smallest absolute Gasteiger partial charge is 0.122 e. The van der Waals surface area contributed by atoms with E-state index in [-0.39, 0.29) is 0 Å². The maximum atomic E-state index is 6.98. The summed E-state index contributed by atoms with van der Waals surface area (Å²) >= 11 is 0. The molecule has 0 bridgehead atoms. The third-order valence-corrected chi connectivity index (χ3v) is 7.43. The Morgan fingerprint density at radius 1 is 0.789 bits per heavy atom. The molecule has 0 aliphatic heterocycles. The minimum absolute atomic E-state index is 0.568. The van der Waals surface area contributed by atoms with Crippen molar-refractivity contribution in [1.82, 2.24) is 9.88 Å². The third kappa shape index (κ3) is 6.69. The molecule has 196 valence electrons. The number of rotatable bonds is 14. The summed E-state index contributed by atoms with van der Waals surface area (Å²) in [4.78, 5) is 7.15. The van der Waals surface area contributed by atoms with Crippen LogP contribution in [0.5, 0.6) is 5.75 Å². The Morgan fingerprint density at radius 3 is 2.03 bits per heavy atom. The molecule has 0 N–H and O–H groups in total. The van der Waals surface area contributed by atoms with Crippen molar-refractivity contribution in [3.8, 4) is 5.75 Å². The summed E-state index contributed by atoms with van der Waals surface area (Å²) in [7, 11) is 1.71. The lowest BCUT2D eigenvalue weighted by Crippen LogP contribution is -2.34. The lowest BCUT2D eigenvalue weighted by atomic mass is 9.81. The lowest BCUT2D eigenvalue weighted by Gasteiger charge is -2.36. The van der Waals surface area contributed by atoms with Crippen LogP contribution in [-0.2, 0) is 23.3 Å². The molecule has 4 heteroatoms. The van der Waals surface area contributed by atoms with E-state index in [1.807, 2.05) is 24.4 Å². The Kier molecular flexibility index (Phi) is 8.85. The van der Waals surface area contributed by atoms with Gasteiger partial charge < -0.3 is 9.47 Å². The first kappa shape index (κ1) is 26.1. The van der Waals surface area contributed by atoms with Crippen LogP contribution in [0.15, 0.2) is 109 Å². The molecule has 3 aromatic carbocycles. The van der Waals surface area contributed by atoms with Gasteiger partial charge in [-0.3, -0.25) is 9.88 Å². The Bertz CT molecular complexity index is 1190. The molecule has 1 saturated carbocycles. The predicted molar refractivity (Wildman–Crippen MR) is 153 cm³/mol. The fourth-order valence-electron chi connectivity index (χ4n) is 5.23. The van der Waals surface area contributed by atoms with E-state index in [9.17, 15) is 0 Å². The number of hydrogen-bond acceptors (Lipinski definition) is 4. The topological polar surface area (TPSA) is 34.6 Å². The standard InChI is InChI=1S/C34H38N2O2/c1-37-33-21-17-28(18-22-33)26-34(29-12-4-2-5-13-29,30-14-6-3-7-15-30)38-25-11-10-24-36(32-19-20-32)27-31-16-8-9-23-35-31/h2-9,12-18,21-23,32H,10-11,19-20,24-27H2,1H3. The number of hydrogen-bond donors (Lipinski definition) is 0. The number of aromatic nitrogens is 1. The average molecular weight is 507 g/mol. The molecular formula is C34H38N2O2. The van der Waals surface area contributed by atoms with Gasteiger partial charge in [-0.25, -0.2) is 0 Å². The number of ether oxygens (including phenoxy) is 2. The number of nitrogens with zero attached hydrogens (tertiary/aromatic N) is 2. The molecule has 1 aliphatic carbocycles. The third-order valence-electron chi connectivity index (χ3n) is 7.43. The molecule has 5 rings (SSSR count). The highest BCUT2D eigenvalue weighted by atomic mass is 16.5. The van der Waals surface area contributed by atoms with E-state index in [2.05, 4.69) is 94.8 Å². The molecule has 4 nitrogen and oxygen atoms in total. The van der Waals surface area contributed by atoms with Crippen molar-refractivity contribution in [2.45, 2.75) is 50.3 Å². The summed E-state index contributed by atoms with van der Waals surface area (Å²) in [6.45, 7) is 2.70. The van der Waals surface area contributed by atoms with Gasteiger partial charge in [0, 0.05) is 31.8 Å². The van der Waals surface area contributed by atoms with Crippen LogP contribution in [-0.4, -0.2) is 36.2 Å². The van der Waals surface area contributed by atoms with Gasteiger partial charge in [0.25, 0.3) is 0 Å². The molecule has 4 aromatic rings.